The Morgan fingerprint density at radius 1 is 1.00 bits per heavy atom. The average molecular weight is 337 g/mol. The van der Waals surface area contributed by atoms with Crippen molar-refractivity contribution >= 4 is 28.6 Å². The van der Waals surface area contributed by atoms with Crippen molar-refractivity contribution in [3.63, 3.8) is 0 Å². The summed E-state index contributed by atoms with van der Waals surface area (Å²) in [6.45, 7) is 3.76. The van der Waals surface area contributed by atoms with Gasteiger partial charge in [0.1, 0.15) is 6.04 Å². The van der Waals surface area contributed by atoms with Crippen molar-refractivity contribution in [2.24, 2.45) is 5.92 Å². The van der Waals surface area contributed by atoms with E-state index in [2.05, 4.69) is 0 Å². The van der Waals surface area contributed by atoms with Crippen LogP contribution in [-0.4, -0.2) is 33.8 Å². The van der Waals surface area contributed by atoms with Crippen LogP contribution < -0.4 is 0 Å². The minimum absolute atomic E-state index is 0.0509. The number of aliphatic carboxylic acids is 1. The van der Waals surface area contributed by atoms with E-state index in [0.717, 1.165) is 34.3 Å². The Hall–Kier alpha value is -2.69. The van der Waals surface area contributed by atoms with Gasteiger partial charge in [0.15, 0.2) is 0 Å². The van der Waals surface area contributed by atoms with E-state index in [0.29, 0.717) is 16.5 Å². The quantitative estimate of drug-likeness (QED) is 0.870. The van der Waals surface area contributed by atoms with Gasteiger partial charge in [0.05, 0.1) is 0 Å². The molecule has 0 radical (unpaired) electrons. The topological polar surface area (TPSA) is 74.7 Å². The number of benzene rings is 2. The highest BCUT2D eigenvalue weighted by atomic mass is 16.4. The van der Waals surface area contributed by atoms with Gasteiger partial charge in [0, 0.05) is 16.5 Å². The first-order chi connectivity index (χ1) is 11.9. The molecule has 4 rings (SSSR count). The number of carbonyl (C=O) groups is 3. The SMILES string of the molecule is CC(C)C[C@H](C(=O)O)N1C(=O)c2ccc3c4c(ccc(c24)C1=O)CC3. The summed E-state index contributed by atoms with van der Waals surface area (Å²) >= 11 is 0. The second-order valence-electron chi connectivity index (χ2n) is 7.26. The first kappa shape index (κ1) is 15.8. The number of rotatable bonds is 4. The van der Waals surface area contributed by atoms with Crippen LogP contribution in [0.2, 0.25) is 0 Å². The zero-order chi connectivity index (χ0) is 17.9. The zero-order valence-corrected chi connectivity index (χ0v) is 14.2. The molecule has 0 unspecified atom stereocenters. The maximum atomic E-state index is 13.0. The molecule has 5 heteroatoms. The summed E-state index contributed by atoms with van der Waals surface area (Å²) in [4.78, 5) is 38.7. The maximum Gasteiger partial charge on any atom is 0.326 e. The number of carboxylic acids is 1. The second-order valence-corrected chi connectivity index (χ2v) is 7.26. The molecule has 1 atom stereocenters. The van der Waals surface area contributed by atoms with Crippen molar-refractivity contribution in [3.05, 3.63) is 46.5 Å². The molecule has 0 bridgehead atoms. The standard InChI is InChI=1S/C20H19NO4/c1-10(2)9-15(20(24)25)21-18(22)13-7-5-11-3-4-12-6-8-14(19(21)23)17(13)16(11)12/h5-8,10,15H,3-4,9H2,1-2H3,(H,24,25)/t15-/m1/s1. The van der Waals surface area contributed by atoms with Crippen molar-refractivity contribution in [3.8, 4) is 0 Å². The number of imide groups is 1. The molecule has 1 heterocycles. The Bertz CT molecular complexity index is 886. The Labute approximate surface area is 145 Å². The summed E-state index contributed by atoms with van der Waals surface area (Å²) in [5, 5.41) is 11.3. The Balaban J connectivity index is 1.92. The molecule has 0 spiro atoms. The van der Waals surface area contributed by atoms with Gasteiger partial charge in [-0.25, -0.2) is 4.79 Å². The van der Waals surface area contributed by atoms with Crippen LogP contribution in [0.15, 0.2) is 24.3 Å². The lowest BCUT2D eigenvalue weighted by Gasteiger charge is -2.32. The molecule has 1 aliphatic carbocycles. The summed E-state index contributed by atoms with van der Waals surface area (Å²) in [6.07, 6.45) is 2.06. The highest BCUT2D eigenvalue weighted by Crippen LogP contribution is 2.39. The van der Waals surface area contributed by atoms with Gasteiger partial charge in [0.25, 0.3) is 11.8 Å². The van der Waals surface area contributed by atoms with Crippen LogP contribution in [0.5, 0.6) is 0 Å². The van der Waals surface area contributed by atoms with E-state index >= 15 is 0 Å². The van der Waals surface area contributed by atoms with Crippen molar-refractivity contribution in [1.82, 2.24) is 4.90 Å². The van der Waals surface area contributed by atoms with Gasteiger partial charge in [-0.3, -0.25) is 14.5 Å². The van der Waals surface area contributed by atoms with Gasteiger partial charge < -0.3 is 5.11 Å². The molecule has 0 fully saturated rings. The lowest BCUT2D eigenvalue weighted by molar-refractivity contribution is -0.142. The molecule has 25 heavy (non-hydrogen) atoms. The molecule has 2 aromatic rings. The summed E-state index contributed by atoms with van der Waals surface area (Å²) in [7, 11) is 0. The van der Waals surface area contributed by atoms with Crippen molar-refractivity contribution in [2.75, 3.05) is 0 Å². The molecule has 5 nitrogen and oxygen atoms in total. The third kappa shape index (κ3) is 2.18. The van der Waals surface area contributed by atoms with Crippen molar-refractivity contribution < 1.29 is 19.5 Å². The van der Waals surface area contributed by atoms with Crippen molar-refractivity contribution in [2.45, 2.75) is 39.2 Å². The summed E-state index contributed by atoms with van der Waals surface area (Å²) in [5.74, 6) is -2.09. The first-order valence-corrected chi connectivity index (χ1v) is 8.58. The fraction of sp³-hybridized carbons (Fsp3) is 0.350. The normalized spacial score (nSPS) is 16.8. The zero-order valence-electron chi connectivity index (χ0n) is 14.2. The molecule has 1 N–H and O–H groups in total. The van der Waals surface area contributed by atoms with Crippen LogP contribution in [0.1, 0.15) is 52.1 Å². The third-order valence-electron chi connectivity index (χ3n) is 5.19. The molecular weight excluding hydrogens is 318 g/mol. The van der Waals surface area contributed by atoms with Gasteiger partial charge >= 0.3 is 5.97 Å². The number of carboxylic acid groups (broad SMARTS) is 1. The number of carbonyl (C=O) groups excluding carboxylic acids is 2. The largest absolute Gasteiger partial charge is 0.480 e. The molecule has 0 saturated heterocycles. The Kier molecular flexibility index (Phi) is 3.42. The van der Waals surface area contributed by atoms with E-state index in [9.17, 15) is 19.5 Å². The lowest BCUT2D eigenvalue weighted by Crippen LogP contribution is -2.51. The number of amides is 2. The molecule has 1 aliphatic heterocycles. The predicted molar refractivity (Wildman–Crippen MR) is 92.7 cm³/mol. The van der Waals surface area contributed by atoms with Gasteiger partial charge in [-0.15, -0.1) is 0 Å². The van der Waals surface area contributed by atoms with Gasteiger partial charge in [0.2, 0.25) is 0 Å². The monoisotopic (exact) mass is 337 g/mol. The molecular formula is C20H19NO4. The second kappa shape index (κ2) is 5.41. The number of aryl methyl sites for hydroxylation is 2. The first-order valence-electron chi connectivity index (χ1n) is 8.58. The molecule has 2 aliphatic rings. The van der Waals surface area contributed by atoms with Gasteiger partial charge in [-0.1, -0.05) is 26.0 Å². The van der Waals surface area contributed by atoms with Gasteiger partial charge in [-0.2, -0.15) is 0 Å². The summed E-state index contributed by atoms with van der Waals surface area (Å²) < 4.78 is 0. The Morgan fingerprint density at radius 3 is 1.96 bits per heavy atom. The predicted octanol–water partition coefficient (Wildman–Crippen LogP) is 3.03. The maximum absolute atomic E-state index is 13.0. The number of nitrogens with zero attached hydrogens (tertiary/aromatic N) is 1. The van der Waals surface area contributed by atoms with Crippen LogP contribution >= 0.6 is 0 Å². The summed E-state index contributed by atoms with van der Waals surface area (Å²) in [5.41, 5.74) is 3.18. The molecule has 0 saturated carbocycles. The van der Waals surface area contributed by atoms with E-state index in [1.165, 1.54) is 0 Å². The lowest BCUT2D eigenvalue weighted by atomic mass is 9.89. The van der Waals surface area contributed by atoms with E-state index < -0.39 is 23.8 Å². The average Bonchev–Trinajstić information content (AvgIpc) is 2.98. The minimum atomic E-state index is -1.15. The van der Waals surface area contributed by atoms with E-state index in [4.69, 9.17) is 0 Å². The van der Waals surface area contributed by atoms with Crippen LogP contribution in [0.4, 0.5) is 0 Å². The smallest absolute Gasteiger partial charge is 0.326 e. The van der Waals surface area contributed by atoms with Crippen LogP contribution in [0, 0.1) is 5.92 Å². The van der Waals surface area contributed by atoms with Gasteiger partial charge in [-0.05, 0) is 53.8 Å². The fourth-order valence-electron chi connectivity index (χ4n) is 4.08. The third-order valence-corrected chi connectivity index (χ3v) is 5.19. The molecule has 0 aromatic heterocycles. The van der Waals surface area contributed by atoms with Crippen molar-refractivity contribution in [1.29, 1.82) is 0 Å². The summed E-state index contributed by atoms with van der Waals surface area (Å²) in [6, 6.07) is 6.20. The fourth-order valence-corrected chi connectivity index (χ4v) is 4.08. The molecule has 128 valence electrons. The molecule has 2 amide bonds. The highest BCUT2D eigenvalue weighted by molar-refractivity contribution is 6.27. The van der Waals surface area contributed by atoms with Crippen LogP contribution in [-0.2, 0) is 17.6 Å². The van der Waals surface area contributed by atoms with Crippen LogP contribution in [0.25, 0.3) is 10.8 Å². The van der Waals surface area contributed by atoms with E-state index in [1.807, 2.05) is 26.0 Å². The van der Waals surface area contributed by atoms with E-state index in [1.54, 1.807) is 12.1 Å². The van der Waals surface area contributed by atoms with Crippen LogP contribution in [0.3, 0.4) is 0 Å². The van der Waals surface area contributed by atoms with E-state index in [-0.39, 0.29) is 12.3 Å². The number of hydrogen-bond donors (Lipinski definition) is 1. The molecule has 2 aromatic carbocycles. The number of hydrogen-bond acceptors (Lipinski definition) is 3. The Morgan fingerprint density at radius 2 is 1.52 bits per heavy atom. The highest BCUT2D eigenvalue weighted by Gasteiger charge is 2.41. The minimum Gasteiger partial charge on any atom is -0.480 e.